The molecule has 0 radical (unpaired) electrons. The summed E-state index contributed by atoms with van der Waals surface area (Å²) in [5.74, 6) is -0.132. The standard InChI is InChI=1S/C14H19BrO2/c1-3-14(10-7-11-15,13(16)17-2)12-8-5-4-6-9-12/h4-6,8-9H,3,7,10-11H2,1-2H3. The maximum absolute atomic E-state index is 12.1. The molecule has 0 fully saturated rings. The van der Waals surface area contributed by atoms with Gasteiger partial charge in [-0.2, -0.15) is 0 Å². The van der Waals surface area contributed by atoms with E-state index in [0.717, 1.165) is 30.2 Å². The van der Waals surface area contributed by atoms with Gasteiger partial charge in [-0.3, -0.25) is 4.79 Å². The van der Waals surface area contributed by atoms with E-state index in [0.29, 0.717) is 0 Å². The average molecular weight is 299 g/mol. The third-order valence-electron chi connectivity index (χ3n) is 3.24. The average Bonchev–Trinajstić information content (AvgIpc) is 2.41. The zero-order valence-electron chi connectivity index (χ0n) is 10.4. The molecule has 0 spiro atoms. The number of rotatable bonds is 6. The summed E-state index contributed by atoms with van der Waals surface area (Å²) in [5, 5.41) is 0.901. The lowest BCUT2D eigenvalue weighted by Crippen LogP contribution is -2.36. The molecule has 2 nitrogen and oxygen atoms in total. The zero-order valence-corrected chi connectivity index (χ0v) is 12.0. The van der Waals surface area contributed by atoms with Gasteiger partial charge in [0, 0.05) is 5.33 Å². The minimum atomic E-state index is -0.496. The maximum atomic E-state index is 12.1. The molecule has 1 atom stereocenters. The lowest BCUT2D eigenvalue weighted by Gasteiger charge is -2.30. The van der Waals surface area contributed by atoms with Crippen molar-refractivity contribution in [1.29, 1.82) is 0 Å². The zero-order chi connectivity index (χ0) is 12.7. The molecule has 0 amide bonds. The number of alkyl halides is 1. The van der Waals surface area contributed by atoms with Crippen LogP contribution in [-0.2, 0) is 14.9 Å². The second kappa shape index (κ2) is 6.80. The van der Waals surface area contributed by atoms with Crippen LogP contribution in [0.25, 0.3) is 0 Å². The molecule has 0 saturated carbocycles. The van der Waals surface area contributed by atoms with Crippen molar-refractivity contribution < 1.29 is 9.53 Å². The van der Waals surface area contributed by atoms with Crippen LogP contribution in [-0.4, -0.2) is 18.4 Å². The first-order chi connectivity index (χ1) is 8.21. The van der Waals surface area contributed by atoms with Crippen LogP contribution in [0.15, 0.2) is 30.3 Å². The summed E-state index contributed by atoms with van der Waals surface area (Å²) in [6.45, 7) is 2.04. The van der Waals surface area contributed by atoms with E-state index in [1.807, 2.05) is 37.3 Å². The summed E-state index contributed by atoms with van der Waals surface area (Å²) in [7, 11) is 1.46. The van der Waals surface area contributed by atoms with Crippen LogP contribution in [0.3, 0.4) is 0 Å². The van der Waals surface area contributed by atoms with E-state index in [2.05, 4.69) is 15.9 Å². The van der Waals surface area contributed by atoms with Gasteiger partial charge >= 0.3 is 5.97 Å². The Hall–Kier alpha value is -0.830. The third kappa shape index (κ3) is 3.09. The van der Waals surface area contributed by atoms with Crippen molar-refractivity contribution in [3.63, 3.8) is 0 Å². The number of hydrogen-bond acceptors (Lipinski definition) is 2. The Bertz CT molecular complexity index is 350. The van der Waals surface area contributed by atoms with E-state index in [1.165, 1.54) is 7.11 Å². The van der Waals surface area contributed by atoms with Gasteiger partial charge in [0.1, 0.15) is 0 Å². The summed E-state index contributed by atoms with van der Waals surface area (Å²) < 4.78 is 5.00. The molecule has 94 valence electrons. The largest absolute Gasteiger partial charge is 0.468 e. The highest BCUT2D eigenvalue weighted by molar-refractivity contribution is 9.09. The van der Waals surface area contributed by atoms with Crippen molar-refractivity contribution in [2.75, 3.05) is 12.4 Å². The minimum Gasteiger partial charge on any atom is -0.468 e. The molecule has 0 aromatic heterocycles. The molecular formula is C14H19BrO2. The van der Waals surface area contributed by atoms with Gasteiger partial charge in [-0.05, 0) is 24.8 Å². The number of carbonyl (C=O) groups is 1. The Labute approximate surface area is 111 Å². The predicted octanol–water partition coefficient (Wildman–Crippen LogP) is 3.68. The normalized spacial score (nSPS) is 14.1. The van der Waals surface area contributed by atoms with Crippen LogP contribution in [0.1, 0.15) is 31.7 Å². The van der Waals surface area contributed by atoms with Crippen LogP contribution >= 0.6 is 15.9 Å². The monoisotopic (exact) mass is 298 g/mol. The molecule has 1 aromatic rings. The molecule has 0 aliphatic heterocycles. The Balaban J connectivity index is 3.11. The van der Waals surface area contributed by atoms with Crippen molar-refractivity contribution in [1.82, 2.24) is 0 Å². The van der Waals surface area contributed by atoms with E-state index in [1.54, 1.807) is 0 Å². The maximum Gasteiger partial charge on any atom is 0.316 e. The van der Waals surface area contributed by atoms with Gasteiger partial charge in [-0.15, -0.1) is 0 Å². The van der Waals surface area contributed by atoms with Crippen molar-refractivity contribution in [2.24, 2.45) is 0 Å². The first kappa shape index (κ1) is 14.2. The molecule has 0 heterocycles. The van der Waals surface area contributed by atoms with Crippen LogP contribution < -0.4 is 0 Å². The van der Waals surface area contributed by atoms with Crippen LogP contribution in [0.5, 0.6) is 0 Å². The highest BCUT2D eigenvalue weighted by Gasteiger charge is 2.38. The minimum absolute atomic E-state index is 0.132. The molecular weight excluding hydrogens is 280 g/mol. The number of hydrogen-bond donors (Lipinski definition) is 0. The molecule has 1 rings (SSSR count). The second-order valence-corrected chi connectivity index (χ2v) is 4.88. The fraction of sp³-hybridized carbons (Fsp3) is 0.500. The first-order valence-corrected chi connectivity index (χ1v) is 7.03. The highest BCUT2D eigenvalue weighted by atomic mass is 79.9. The number of halogens is 1. The molecule has 0 bridgehead atoms. The molecule has 0 saturated heterocycles. The van der Waals surface area contributed by atoms with Crippen LogP contribution in [0.2, 0.25) is 0 Å². The quantitative estimate of drug-likeness (QED) is 0.591. The molecule has 1 unspecified atom stereocenters. The first-order valence-electron chi connectivity index (χ1n) is 5.91. The van der Waals surface area contributed by atoms with Gasteiger partial charge in [-0.1, -0.05) is 53.2 Å². The summed E-state index contributed by atoms with van der Waals surface area (Å²) in [6, 6.07) is 9.92. The summed E-state index contributed by atoms with van der Waals surface area (Å²) in [5.41, 5.74) is 0.555. The van der Waals surface area contributed by atoms with E-state index >= 15 is 0 Å². The molecule has 1 aromatic carbocycles. The van der Waals surface area contributed by atoms with Gasteiger partial charge in [0.05, 0.1) is 12.5 Å². The smallest absolute Gasteiger partial charge is 0.316 e. The van der Waals surface area contributed by atoms with Gasteiger partial charge < -0.3 is 4.74 Å². The molecule has 0 N–H and O–H groups in total. The van der Waals surface area contributed by atoms with E-state index in [4.69, 9.17) is 4.74 Å². The lowest BCUT2D eigenvalue weighted by atomic mass is 9.74. The van der Waals surface area contributed by atoms with Crippen molar-refractivity contribution in [3.05, 3.63) is 35.9 Å². The van der Waals surface area contributed by atoms with Crippen molar-refractivity contribution in [2.45, 2.75) is 31.6 Å². The lowest BCUT2D eigenvalue weighted by molar-refractivity contribution is -0.148. The third-order valence-corrected chi connectivity index (χ3v) is 3.80. The number of carbonyl (C=O) groups excluding carboxylic acids is 1. The van der Waals surface area contributed by atoms with Gasteiger partial charge in [-0.25, -0.2) is 0 Å². The fourth-order valence-corrected chi connectivity index (χ4v) is 2.49. The van der Waals surface area contributed by atoms with Crippen molar-refractivity contribution >= 4 is 21.9 Å². The van der Waals surface area contributed by atoms with Crippen molar-refractivity contribution in [3.8, 4) is 0 Å². The van der Waals surface area contributed by atoms with E-state index in [9.17, 15) is 4.79 Å². The Morgan fingerprint density at radius 3 is 2.47 bits per heavy atom. The van der Waals surface area contributed by atoms with Crippen LogP contribution in [0, 0.1) is 0 Å². The Kier molecular flexibility index (Phi) is 5.69. The molecule has 3 heteroatoms. The molecule has 17 heavy (non-hydrogen) atoms. The summed E-state index contributed by atoms with van der Waals surface area (Å²) in [4.78, 5) is 12.1. The summed E-state index contributed by atoms with van der Waals surface area (Å²) in [6.07, 6.45) is 2.53. The second-order valence-electron chi connectivity index (χ2n) is 4.09. The number of methoxy groups -OCH3 is 1. The van der Waals surface area contributed by atoms with Gasteiger partial charge in [0.15, 0.2) is 0 Å². The van der Waals surface area contributed by atoms with E-state index < -0.39 is 5.41 Å². The van der Waals surface area contributed by atoms with Crippen LogP contribution in [0.4, 0.5) is 0 Å². The number of benzene rings is 1. The number of esters is 1. The fourth-order valence-electron chi connectivity index (χ4n) is 2.21. The SMILES string of the molecule is CCC(CCCBr)(C(=O)OC)c1ccccc1. The van der Waals surface area contributed by atoms with E-state index in [-0.39, 0.29) is 5.97 Å². The highest BCUT2D eigenvalue weighted by Crippen LogP contribution is 2.34. The molecule has 0 aliphatic rings. The molecule has 0 aliphatic carbocycles. The van der Waals surface area contributed by atoms with Gasteiger partial charge in [0.25, 0.3) is 0 Å². The Morgan fingerprint density at radius 2 is 2.00 bits per heavy atom. The topological polar surface area (TPSA) is 26.3 Å². The number of ether oxygens (including phenoxy) is 1. The summed E-state index contributed by atoms with van der Waals surface area (Å²) >= 11 is 3.42. The van der Waals surface area contributed by atoms with Gasteiger partial charge in [0.2, 0.25) is 0 Å². The predicted molar refractivity (Wildman–Crippen MR) is 73.5 cm³/mol. The Morgan fingerprint density at radius 1 is 1.35 bits per heavy atom.